The van der Waals surface area contributed by atoms with E-state index in [1.165, 1.54) is 22.9 Å². The molecule has 3 heterocycles. The van der Waals surface area contributed by atoms with Crippen LogP contribution < -0.4 is 15.0 Å². The topological polar surface area (TPSA) is 44.8 Å². The number of anilines is 1. The van der Waals surface area contributed by atoms with E-state index in [0.29, 0.717) is 11.1 Å². The summed E-state index contributed by atoms with van der Waals surface area (Å²) in [5, 5.41) is 5.25. The summed E-state index contributed by atoms with van der Waals surface area (Å²) in [5.41, 5.74) is 2.30. The van der Waals surface area contributed by atoms with Crippen LogP contribution in [0.3, 0.4) is 0 Å². The number of nitrogens with zero attached hydrogens (tertiary/aromatic N) is 2. The summed E-state index contributed by atoms with van der Waals surface area (Å²) in [5.74, 6) is 0.912. The molecule has 2 saturated heterocycles. The van der Waals surface area contributed by atoms with Crippen molar-refractivity contribution < 1.29 is 9.53 Å². The van der Waals surface area contributed by atoms with Gasteiger partial charge in [0.15, 0.2) is 0 Å². The van der Waals surface area contributed by atoms with E-state index < -0.39 is 0 Å². The molecule has 0 bridgehead atoms. The maximum atomic E-state index is 13.4. The number of halogens is 2. The lowest BCUT2D eigenvalue weighted by Crippen LogP contribution is -2.46. The number of nitrogens with one attached hydrogen (secondary N) is 1. The maximum Gasteiger partial charge on any atom is 0.225 e. The van der Waals surface area contributed by atoms with Crippen molar-refractivity contribution in [2.24, 2.45) is 5.92 Å². The van der Waals surface area contributed by atoms with Gasteiger partial charge >= 0.3 is 0 Å². The standard InChI is InChI=1S/C29H33Cl2N3O2S/c30-25-14-19(3-8-26(25)36-24-6-7-24)13-22(18-33-10-1-2-11-33)32-29(35)21-9-12-34(17-21)23-5-4-20-15-28(31)37-27(20)16-23/h3-5,8,14-16,21-22,24H,1-2,6-7,9-13,17-18H2,(H,32,35)/t21-,22?/m1/s1. The molecule has 0 radical (unpaired) electrons. The van der Waals surface area contributed by atoms with Crippen molar-refractivity contribution in [2.75, 3.05) is 37.6 Å². The molecule has 1 N–H and O–H groups in total. The van der Waals surface area contributed by atoms with Crippen LogP contribution >= 0.6 is 34.5 Å². The molecule has 1 aliphatic carbocycles. The van der Waals surface area contributed by atoms with Crippen LogP contribution in [0.2, 0.25) is 9.36 Å². The van der Waals surface area contributed by atoms with E-state index >= 15 is 0 Å². The average molecular weight is 559 g/mol. The number of fused-ring (bicyclic) bond motifs is 1. The minimum absolute atomic E-state index is 0.0124. The molecule has 5 nitrogen and oxygen atoms in total. The highest BCUT2D eigenvalue weighted by atomic mass is 35.5. The predicted octanol–water partition coefficient (Wildman–Crippen LogP) is 6.40. The van der Waals surface area contributed by atoms with Gasteiger partial charge in [0, 0.05) is 36.1 Å². The van der Waals surface area contributed by atoms with Gasteiger partial charge in [0.2, 0.25) is 5.91 Å². The summed E-state index contributed by atoms with van der Waals surface area (Å²) in [6.07, 6.45) is 6.63. The van der Waals surface area contributed by atoms with Crippen molar-refractivity contribution >= 4 is 56.2 Å². The molecule has 3 fully saturated rings. The molecular formula is C29H33Cl2N3O2S. The Morgan fingerprint density at radius 3 is 2.68 bits per heavy atom. The quantitative estimate of drug-likeness (QED) is 0.330. The molecule has 1 amide bonds. The Hall–Kier alpha value is -1.99. The molecule has 196 valence electrons. The largest absolute Gasteiger partial charge is 0.489 e. The summed E-state index contributed by atoms with van der Waals surface area (Å²) in [4.78, 5) is 18.2. The van der Waals surface area contributed by atoms with Gasteiger partial charge in [-0.05, 0) is 92.9 Å². The van der Waals surface area contributed by atoms with Gasteiger partial charge in [-0.1, -0.05) is 35.3 Å². The van der Waals surface area contributed by atoms with Gasteiger partial charge in [-0.3, -0.25) is 4.79 Å². The Morgan fingerprint density at radius 2 is 1.89 bits per heavy atom. The number of carbonyl (C=O) groups is 1. The van der Waals surface area contributed by atoms with Gasteiger partial charge < -0.3 is 19.9 Å². The monoisotopic (exact) mass is 557 g/mol. The first-order chi connectivity index (χ1) is 18.0. The van der Waals surface area contributed by atoms with E-state index in [0.717, 1.165) is 79.7 Å². The van der Waals surface area contributed by atoms with E-state index in [-0.39, 0.29) is 17.9 Å². The molecule has 1 unspecified atom stereocenters. The summed E-state index contributed by atoms with van der Waals surface area (Å²) in [7, 11) is 0. The summed E-state index contributed by atoms with van der Waals surface area (Å²) in [6.45, 7) is 4.71. The van der Waals surface area contributed by atoms with Crippen LogP contribution in [-0.4, -0.2) is 55.7 Å². The Labute approximate surface area is 232 Å². The van der Waals surface area contributed by atoms with Crippen molar-refractivity contribution in [3.8, 4) is 5.75 Å². The van der Waals surface area contributed by atoms with Gasteiger partial charge in [0.05, 0.1) is 21.4 Å². The first-order valence-electron chi connectivity index (χ1n) is 13.4. The van der Waals surface area contributed by atoms with Crippen LogP contribution in [-0.2, 0) is 11.2 Å². The number of thiophene rings is 1. The lowest BCUT2D eigenvalue weighted by Gasteiger charge is -2.26. The molecule has 0 spiro atoms. The molecule has 1 saturated carbocycles. The third kappa shape index (κ3) is 6.19. The van der Waals surface area contributed by atoms with Crippen LogP contribution in [0.15, 0.2) is 42.5 Å². The predicted molar refractivity (Wildman–Crippen MR) is 154 cm³/mol. The summed E-state index contributed by atoms with van der Waals surface area (Å²) < 4.78 is 7.90. The van der Waals surface area contributed by atoms with E-state index in [2.05, 4.69) is 39.4 Å². The number of hydrogen-bond acceptors (Lipinski definition) is 5. The third-order valence-corrected chi connectivity index (χ3v) is 9.24. The zero-order valence-corrected chi connectivity index (χ0v) is 23.3. The summed E-state index contributed by atoms with van der Waals surface area (Å²) in [6, 6.07) is 14.6. The second-order valence-corrected chi connectivity index (χ2v) is 12.8. The molecule has 2 atom stereocenters. The highest BCUT2D eigenvalue weighted by molar-refractivity contribution is 7.22. The lowest BCUT2D eigenvalue weighted by molar-refractivity contribution is -0.125. The highest BCUT2D eigenvalue weighted by Crippen LogP contribution is 2.35. The average Bonchev–Trinajstić information content (AvgIpc) is 3.25. The van der Waals surface area contributed by atoms with Gasteiger partial charge in [-0.15, -0.1) is 11.3 Å². The number of ether oxygens (including phenoxy) is 1. The fourth-order valence-electron chi connectivity index (χ4n) is 5.57. The van der Waals surface area contributed by atoms with Gasteiger partial charge in [-0.2, -0.15) is 0 Å². The second-order valence-electron chi connectivity index (χ2n) is 10.7. The first kappa shape index (κ1) is 25.3. The molecule has 37 heavy (non-hydrogen) atoms. The van der Waals surface area contributed by atoms with E-state index in [4.69, 9.17) is 27.9 Å². The Bertz CT molecular complexity index is 1270. The van der Waals surface area contributed by atoms with Crippen LogP contribution in [0.25, 0.3) is 10.1 Å². The summed E-state index contributed by atoms with van der Waals surface area (Å²) >= 11 is 14.3. The van der Waals surface area contributed by atoms with E-state index in [1.807, 2.05) is 18.2 Å². The highest BCUT2D eigenvalue weighted by Gasteiger charge is 2.31. The number of amides is 1. The minimum atomic E-state index is -0.0124. The van der Waals surface area contributed by atoms with Crippen molar-refractivity contribution in [1.82, 2.24) is 10.2 Å². The number of benzene rings is 2. The zero-order valence-electron chi connectivity index (χ0n) is 20.9. The second kappa shape index (κ2) is 11.0. The normalized spacial score (nSPS) is 21.0. The van der Waals surface area contributed by atoms with Gasteiger partial charge in [0.1, 0.15) is 5.75 Å². The fraction of sp³-hybridized carbons (Fsp3) is 0.483. The van der Waals surface area contributed by atoms with Crippen molar-refractivity contribution in [2.45, 2.75) is 50.7 Å². The molecule has 8 heteroatoms. The SMILES string of the molecule is O=C(NC(Cc1ccc(OC2CC2)c(Cl)c1)CN1CCCC1)[C@@H]1CCN(c2ccc3cc(Cl)sc3c2)C1. The van der Waals surface area contributed by atoms with Gasteiger partial charge in [0.25, 0.3) is 0 Å². The van der Waals surface area contributed by atoms with E-state index in [1.54, 1.807) is 11.3 Å². The smallest absolute Gasteiger partial charge is 0.225 e. The van der Waals surface area contributed by atoms with Crippen molar-refractivity contribution in [1.29, 1.82) is 0 Å². The third-order valence-electron chi connectivity index (χ3n) is 7.72. The van der Waals surface area contributed by atoms with Crippen LogP contribution in [0.1, 0.15) is 37.7 Å². The Morgan fingerprint density at radius 1 is 1.05 bits per heavy atom. The lowest BCUT2D eigenvalue weighted by atomic mass is 10.0. The minimum Gasteiger partial charge on any atom is -0.489 e. The number of carbonyl (C=O) groups excluding carboxylic acids is 1. The molecule has 1 aromatic heterocycles. The Balaban J connectivity index is 1.11. The molecule has 6 rings (SSSR count). The number of likely N-dealkylation sites (tertiary alicyclic amines) is 1. The number of rotatable bonds is 9. The van der Waals surface area contributed by atoms with Crippen LogP contribution in [0.4, 0.5) is 5.69 Å². The van der Waals surface area contributed by atoms with Crippen molar-refractivity contribution in [3.63, 3.8) is 0 Å². The van der Waals surface area contributed by atoms with E-state index in [9.17, 15) is 4.79 Å². The molecule has 2 aromatic carbocycles. The number of hydrogen-bond donors (Lipinski definition) is 1. The molecular weight excluding hydrogens is 525 g/mol. The van der Waals surface area contributed by atoms with Gasteiger partial charge in [-0.25, -0.2) is 0 Å². The molecule has 2 aliphatic heterocycles. The first-order valence-corrected chi connectivity index (χ1v) is 15.0. The molecule has 3 aliphatic rings. The fourth-order valence-corrected chi connectivity index (χ4v) is 7.00. The molecule has 3 aromatic rings. The maximum absolute atomic E-state index is 13.4. The Kier molecular flexibility index (Phi) is 7.53. The van der Waals surface area contributed by atoms with Crippen molar-refractivity contribution in [3.05, 3.63) is 57.4 Å². The zero-order chi connectivity index (χ0) is 25.4. The van der Waals surface area contributed by atoms with Crippen LogP contribution in [0, 0.1) is 5.92 Å². The van der Waals surface area contributed by atoms with Crippen LogP contribution in [0.5, 0.6) is 5.75 Å².